The molecular weight excluding hydrogens is 542 g/mol. The molecule has 0 saturated heterocycles. The van der Waals surface area contributed by atoms with Gasteiger partial charge in [0.15, 0.2) is 11.6 Å². The Kier molecular flexibility index (Phi) is 9.06. The zero-order valence-corrected chi connectivity index (χ0v) is 29.7. The van der Waals surface area contributed by atoms with Gasteiger partial charge in [-0.3, -0.25) is 9.59 Å². The first-order valence-corrected chi connectivity index (χ1v) is 15.8. The van der Waals surface area contributed by atoms with Crippen molar-refractivity contribution in [2.45, 2.75) is 93.9 Å². The van der Waals surface area contributed by atoms with Gasteiger partial charge >= 0.3 is 37.7 Å². The van der Waals surface area contributed by atoms with Crippen molar-refractivity contribution >= 4 is 34.2 Å². The second kappa shape index (κ2) is 10.8. The summed E-state index contributed by atoms with van der Waals surface area (Å²) in [6.07, 6.45) is 9.03. The van der Waals surface area contributed by atoms with Gasteiger partial charge in [0.05, 0.1) is 0 Å². The van der Waals surface area contributed by atoms with E-state index in [1.807, 2.05) is 0 Å². The minimum atomic E-state index is -0.715. The van der Waals surface area contributed by atoms with Crippen LogP contribution in [0.25, 0.3) is 9.75 Å². The molecule has 0 aromatic carbocycles. The van der Waals surface area contributed by atoms with Crippen molar-refractivity contribution in [3.8, 4) is 9.75 Å². The maximum absolute atomic E-state index is 14.2. The number of thiophene rings is 2. The minimum absolute atomic E-state index is 0. The van der Waals surface area contributed by atoms with Crippen LogP contribution < -0.4 is 37.7 Å². The van der Waals surface area contributed by atoms with Crippen LogP contribution >= 0.6 is 22.7 Å². The molecule has 0 aliphatic heterocycles. The SMILES string of the molecule is CC(C)(C)C1=CC2(C=C(C(C)(C)C)C1=O)c1c[c-]sc1-c1s[c-]cc1C21C=C(C(C)(C)C)C(=O)C(C(C)(C)C)=C1.[Li+].[Li+]. The fourth-order valence-electron chi connectivity index (χ4n) is 6.50. The molecule has 3 aliphatic carbocycles. The quantitative estimate of drug-likeness (QED) is 0.350. The van der Waals surface area contributed by atoms with Gasteiger partial charge in [-0.15, -0.1) is 10.8 Å². The number of ketones is 2. The van der Waals surface area contributed by atoms with E-state index in [9.17, 15) is 9.59 Å². The largest absolute Gasteiger partial charge is 1.00 e. The maximum atomic E-state index is 14.2. The number of carbonyl (C=O) groups excluding carboxylic acids is 2. The Balaban J connectivity index is 0.00000242. The van der Waals surface area contributed by atoms with Crippen molar-refractivity contribution in [1.82, 2.24) is 0 Å². The van der Waals surface area contributed by atoms with E-state index in [1.54, 1.807) is 22.7 Å². The Hall–Kier alpha value is -1.11. The Morgan fingerprint density at radius 2 is 0.738 bits per heavy atom. The Morgan fingerprint density at radius 3 is 0.952 bits per heavy atom. The molecule has 3 aliphatic rings. The summed E-state index contributed by atoms with van der Waals surface area (Å²) in [6.45, 7) is 25.6. The van der Waals surface area contributed by atoms with Crippen molar-refractivity contribution in [1.29, 1.82) is 0 Å². The first kappa shape index (κ1) is 35.4. The molecule has 0 amide bonds. The van der Waals surface area contributed by atoms with Gasteiger partial charge in [0.1, 0.15) is 0 Å². The molecule has 0 fully saturated rings. The number of hydrogen-bond acceptors (Lipinski definition) is 4. The molecule has 212 valence electrons. The van der Waals surface area contributed by atoms with Gasteiger partial charge < -0.3 is 22.7 Å². The van der Waals surface area contributed by atoms with Crippen molar-refractivity contribution < 1.29 is 47.3 Å². The summed E-state index contributed by atoms with van der Waals surface area (Å²) >= 11 is 3.27. The van der Waals surface area contributed by atoms with E-state index >= 15 is 0 Å². The third-order valence-corrected chi connectivity index (χ3v) is 10.6. The molecule has 42 heavy (non-hydrogen) atoms. The third kappa shape index (κ3) is 5.17. The van der Waals surface area contributed by atoms with Crippen LogP contribution in [0.3, 0.4) is 0 Å². The first-order chi connectivity index (χ1) is 18.2. The van der Waals surface area contributed by atoms with E-state index in [0.717, 1.165) is 33.4 Å². The fraction of sp³-hybridized carbons (Fsp3) is 0.500. The van der Waals surface area contributed by atoms with E-state index in [4.69, 9.17) is 0 Å². The molecular formula is C36H42Li2O2S2. The summed E-state index contributed by atoms with van der Waals surface area (Å²) in [5, 5.41) is 6.91. The summed E-state index contributed by atoms with van der Waals surface area (Å²) in [7, 11) is 0. The monoisotopic (exact) mass is 584 g/mol. The summed E-state index contributed by atoms with van der Waals surface area (Å²) in [4.78, 5) is 30.8. The predicted octanol–water partition coefficient (Wildman–Crippen LogP) is 3.63. The second-order valence-corrected chi connectivity index (χ2v) is 17.5. The molecule has 0 bridgehead atoms. The fourth-order valence-corrected chi connectivity index (χ4v) is 8.42. The van der Waals surface area contributed by atoms with Crippen LogP contribution in [0.15, 0.2) is 58.7 Å². The molecule has 2 spiro atoms. The van der Waals surface area contributed by atoms with E-state index in [2.05, 4.69) is 130 Å². The van der Waals surface area contributed by atoms with Gasteiger partial charge in [0, 0.05) is 22.3 Å². The molecule has 0 N–H and O–H groups in total. The number of fused-ring (bicyclic) bond motifs is 6. The number of rotatable bonds is 0. The molecule has 5 rings (SSSR count). The van der Waals surface area contributed by atoms with Crippen molar-refractivity contribution in [2.24, 2.45) is 21.7 Å². The van der Waals surface area contributed by atoms with Crippen LogP contribution in [0.5, 0.6) is 0 Å². The van der Waals surface area contributed by atoms with Crippen LogP contribution in [0.2, 0.25) is 0 Å². The maximum Gasteiger partial charge on any atom is 1.00 e. The van der Waals surface area contributed by atoms with Crippen molar-refractivity contribution in [3.63, 3.8) is 0 Å². The first-order valence-electron chi connectivity index (χ1n) is 14.2. The molecule has 2 aromatic rings. The zero-order chi connectivity index (χ0) is 29.8. The van der Waals surface area contributed by atoms with Gasteiger partial charge in [0.2, 0.25) is 0 Å². The topological polar surface area (TPSA) is 34.1 Å². The number of hydrogen-bond donors (Lipinski definition) is 0. The molecule has 2 aromatic heterocycles. The van der Waals surface area contributed by atoms with E-state index < -0.39 is 10.8 Å². The third-order valence-electron chi connectivity index (χ3n) is 8.70. The molecule has 2 heterocycles. The second-order valence-electron chi connectivity index (χ2n) is 15.8. The van der Waals surface area contributed by atoms with Gasteiger partial charge in [-0.2, -0.15) is 33.0 Å². The summed E-state index contributed by atoms with van der Waals surface area (Å²) in [5.74, 6) is 0.243. The van der Waals surface area contributed by atoms with Crippen molar-refractivity contribution in [3.05, 3.63) is 80.6 Å². The molecule has 0 radical (unpaired) electrons. The van der Waals surface area contributed by atoms with E-state index in [-0.39, 0.29) is 70.9 Å². The molecule has 0 atom stereocenters. The van der Waals surface area contributed by atoms with Gasteiger partial charge in [-0.25, -0.2) is 0 Å². The number of allylic oxidation sites excluding steroid dienone is 8. The summed E-state index contributed by atoms with van der Waals surface area (Å²) < 4.78 is 0. The Morgan fingerprint density at radius 1 is 0.500 bits per heavy atom. The predicted molar refractivity (Wildman–Crippen MR) is 169 cm³/mol. The molecule has 2 nitrogen and oxygen atoms in total. The van der Waals surface area contributed by atoms with Gasteiger partial charge in [-0.1, -0.05) is 107 Å². The van der Waals surface area contributed by atoms with Crippen LogP contribution in [-0.2, 0) is 20.4 Å². The normalized spacial score (nSPS) is 19.6. The van der Waals surface area contributed by atoms with Gasteiger partial charge in [-0.05, 0) is 32.5 Å². The van der Waals surface area contributed by atoms with Crippen molar-refractivity contribution in [2.75, 3.05) is 0 Å². The number of carbonyl (C=O) groups is 2. The Labute approximate surface area is 285 Å². The van der Waals surface area contributed by atoms with Crippen LogP contribution in [0.4, 0.5) is 0 Å². The Bertz CT molecular complexity index is 1370. The summed E-state index contributed by atoms with van der Waals surface area (Å²) in [6, 6.07) is 4.25. The average molecular weight is 585 g/mol. The van der Waals surface area contributed by atoms with Crippen LogP contribution in [0.1, 0.15) is 94.2 Å². The van der Waals surface area contributed by atoms with Crippen LogP contribution in [0, 0.1) is 32.4 Å². The standard InChI is InChI=1S/C36H42O2S2.2Li/c1-31(2,3)23-17-35(18-24(27(23)37)32(4,5)6)21-13-15-39-29(21)30-22(14-16-40-30)36(35)19-25(33(7,8)9)28(38)26(20-36)34(10,11)12;;/h13-14,17-20H,1-12H3;;/q-2;2*+1. The smallest absolute Gasteiger partial charge is 0.309 e. The summed E-state index contributed by atoms with van der Waals surface area (Å²) in [5.41, 5.74) is 2.72. The van der Waals surface area contributed by atoms with E-state index in [1.165, 1.54) is 9.75 Å². The van der Waals surface area contributed by atoms with E-state index in [0.29, 0.717) is 0 Å². The average Bonchev–Trinajstić information content (AvgIpc) is 3.46. The zero-order valence-electron chi connectivity index (χ0n) is 28.1. The molecule has 0 saturated carbocycles. The number of Topliss-reactive ketones (excluding diaryl/α,β-unsaturated/α-hetero) is 2. The molecule has 6 heteroatoms. The van der Waals surface area contributed by atoms with Crippen LogP contribution in [-0.4, -0.2) is 11.6 Å². The molecule has 0 unspecified atom stereocenters. The minimum Gasteiger partial charge on any atom is -0.309 e. The van der Waals surface area contributed by atoms with Gasteiger partial charge in [0.25, 0.3) is 0 Å².